The number of rotatable bonds is 3. The molecule has 3 aromatic rings. The third kappa shape index (κ3) is 2.73. The monoisotopic (exact) mass is 300 g/mol. The van der Waals surface area contributed by atoms with Crippen LogP contribution in [0.15, 0.2) is 59.0 Å². The number of hydrogen-bond donors (Lipinski definition) is 0. The van der Waals surface area contributed by atoms with Gasteiger partial charge in [-0.2, -0.15) is 0 Å². The number of halogens is 2. The van der Waals surface area contributed by atoms with Gasteiger partial charge in [0.05, 0.1) is 5.02 Å². The first-order valence-electron chi connectivity index (χ1n) is 6.30. The minimum absolute atomic E-state index is 0.184. The van der Waals surface area contributed by atoms with Crippen LogP contribution in [0.4, 0.5) is 4.39 Å². The van der Waals surface area contributed by atoms with Crippen LogP contribution >= 0.6 is 11.6 Å². The van der Waals surface area contributed by atoms with E-state index in [9.17, 15) is 9.18 Å². The number of benzene rings is 2. The molecular weight excluding hydrogens is 291 g/mol. The SMILES string of the molecule is O=C(C=Cc1c(F)cccc1Cl)c1cc2ccccc2o1. The Bertz CT molecular complexity index is 796. The second-order valence-electron chi connectivity index (χ2n) is 4.48. The van der Waals surface area contributed by atoms with E-state index in [2.05, 4.69) is 0 Å². The molecule has 0 aliphatic heterocycles. The Morgan fingerprint density at radius 2 is 1.95 bits per heavy atom. The van der Waals surface area contributed by atoms with E-state index in [-0.39, 0.29) is 22.1 Å². The van der Waals surface area contributed by atoms with Crippen molar-refractivity contribution in [1.82, 2.24) is 0 Å². The van der Waals surface area contributed by atoms with Crippen molar-refractivity contribution in [2.24, 2.45) is 0 Å². The zero-order valence-corrected chi connectivity index (χ0v) is 11.6. The molecule has 2 nitrogen and oxygen atoms in total. The predicted molar refractivity (Wildman–Crippen MR) is 81.0 cm³/mol. The number of fused-ring (bicyclic) bond motifs is 1. The molecule has 0 spiro atoms. The van der Waals surface area contributed by atoms with E-state index in [0.29, 0.717) is 5.58 Å². The van der Waals surface area contributed by atoms with Crippen molar-refractivity contribution < 1.29 is 13.6 Å². The standard InChI is InChI=1S/C17H10ClFO2/c18-13-5-3-6-14(19)12(13)8-9-15(20)17-10-11-4-1-2-7-16(11)21-17/h1-10H. The topological polar surface area (TPSA) is 30.2 Å². The number of para-hydroxylation sites is 1. The van der Waals surface area contributed by atoms with Crippen LogP contribution in [0, 0.1) is 5.82 Å². The highest BCUT2D eigenvalue weighted by Crippen LogP contribution is 2.22. The molecule has 0 bridgehead atoms. The van der Waals surface area contributed by atoms with E-state index >= 15 is 0 Å². The fourth-order valence-corrected chi connectivity index (χ4v) is 2.24. The first kappa shape index (κ1) is 13.6. The molecule has 0 aliphatic rings. The van der Waals surface area contributed by atoms with Crippen LogP contribution in [0.1, 0.15) is 16.1 Å². The molecule has 104 valence electrons. The lowest BCUT2D eigenvalue weighted by Crippen LogP contribution is -1.91. The van der Waals surface area contributed by atoms with E-state index in [1.807, 2.05) is 18.2 Å². The van der Waals surface area contributed by atoms with Gasteiger partial charge < -0.3 is 4.42 Å². The molecule has 21 heavy (non-hydrogen) atoms. The van der Waals surface area contributed by atoms with Crippen molar-refractivity contribution in [3.8, 4) is 0 Å². The third-order valence-corrected chi connectivity index (χ3v) is 3.40. The Balaban J connectivity index is 1.90. The summed E-state index contributed by atoms with van der Waals surface area (Å²) in [4.78, 5) is 12.1. The Kier molecular flexibility index (Phi) is 3.59. The van der Waals surface area contributed by atoms with Gasteiger partial charge in [0.15, 0.2) is 5.76 Å². The predicted octanol–water partition coefficient (Wildman–Crippen LogP) is 5.12. The van der Waals surface area contributed by atoms with Gasteiger partial charge in [-0.3, -0.25) is 4.79 Å². The summed E-state index contributed by atoms with van der Waals surface area (Å²) < 4.78 is 19.1. The number of allylic oxidation sites excluding steroid dienone is 1. The van der Waals surface area contributed by atoms with Gasteiger partial charge in [-0.25, -0.2) is 4.39 Å². The van der Waals surface area contributed by atoms with Crippen LogP contribution < -0.4 is 0 Å². The van der Waals surface area contributed by atoms with Crippen molar-refractivity contribution in [2.45, 2.75) is 0 Å². The average Bonchev–Trinajstić information content (AvgIpc) is 2.90. The maximum atomic E-state index is 13.6. The molecule has 0 radical (unpaired) electrons. The molecule has 0 atom stereocenters. The van der Waals surface area contributed by atoms with Crippen molar-refractivity contribution >= 4 is 34.4 Å². The molecule has 0 saturated carbocycles. The van der Waals surface area contributed by atoms with Gasteiger partial charge in [-0.05, 0) is 36.4 Å². The van der Waals surface area contributed by atoms with Crippen molar-refractivity contribution in [3.63, 3.8) is 0 Å². The van der Waals surface area contributed by atoms with Crippen LogP contribution in [-0.4, -0.2) is 5.78 Å². The van der Waals surface area contributed by atoms with Crippen molar-refractivity contribution in [3.05, 3.63) is 76.8 Å². The van der Waals surface area contributed by atoms with Crippen LogP contribution in [0.5, 0.6) is 0 Å². The van der Waals surface area contributed by atoms with E-state index in [1.165, 1.54) is 24.3 Å². The largest absolute Gasteiger partial charge is 0.453 e. The lowest BCUT2D eigenvalue weighted by molar-refractivity contribution is 0.102. The summed E-state index contributed by atoms with van der Waals surface area (Å²) in [6.45, 7) is 0. The number of ketones is 1. The maximum absolute atomic E-state index is 13.6. The van der Waals surface area contributed by atoms with Gasteiger partial charge >= 0.3 is 0 Å². The molecule has 0 fully saturated rings. The third-order valence-electron chi connectivity index (χ3n) is 3.07. The average molecular weight is 301 g/mol. The summed E-state index contributed by atoms with van der Waals surface area (Å²) in [7, 11) is 0. The molecule has 3 rings (SSSR count). The first-order valence-corrected chi connectivity index (χ1v) is 6.68. The van der Waals surface area contributed by atoms with Crippen molar-refractivity contribution in [2.75, 3.05) is 0 Å². The Morgan fingerprint density at radius 1 is 1.14 bits per heavy atom. The quantitative estimate of drug-likeness (QED) is 0.496. The lowest BCUT2D eigenvalue weighted by atomic mass is 10.1. The fraction of sp³-hybridized carbons (Fsp3) is 0. The molecule has 0 unspecified atom stereocenters. The highest BCUT2D eigenvalue weighted by atomic mass is 35.5. The van der Waals surface area contributed by atoms with E-state index < -0.39 is 5.82 Å². The van der Waals surface area contributed by atoms with Crippen LogP contribution in [0.3, 0.4) is 0 Å². The molecule has 2 aromatic carbocycles. The fourth-order valence-electron chi connectivity index (χ4n) is 2.01. The van der Waals surface area contributed by atoms with Crippen LogP contribution in [0.2, 0.25) is 5.02 Å². The van der Waals surface area contributed by atoms with Gasteiger partial charge in [-0.15, -0.1) is 0 Å². The summed E-state index contributed by atoms with van der Waals surface area (Å²) in [6.07, 6.45) is 2.61. The van der Waals surface area contributed by atoms with Crippen LogP contribution in [0.25, 0.3) is 17.0 Å². The van der Waals surface area contributed by atoms with Gasteiger partial charge in [0.2, 0.25) is 5.78 Å². The Morgan fingerprint density at radius 3 is 2.71 bits per heavy atom. The van der Waals surface area contributed by atoms with E-state index in [1.54, 1.807) is 18.2 Å². The summed E-state index contributed by atoms with van der Waals surface area (Å²) >= 11 is 5.90. The Labute approximate surface area is 125 Å². The Hall–Kier alpha value is -2.39. The van der Waals surface area contributed by atoms with Gasteiger partial charge in [0.25, 0.3) is 0 Å². The molecule has 4 heteroatoms. The molecule has 0 aliphatic carbocycles. The molecule has 0 amide bonds. The molecule has 1 heterocycles. The highest BCUT2D eigenvalue weighted by Gasteiger charge is 2.10. The number of carbonyl (C=O) groups excluding carboxylic acids is 1. The number of furan rings is 1. The lowest BCUT2D eigenvalue weighted by Gasteiger charge is -1.98. The molecule has 0 N–H and O–H groups in total. The van der Waals surface area contributed by atoms with Gasteiger partial charge in [0, 0.05) is 10.9 Å². The minimum Gasteiger partial charge on any atom is -0.453 e. The first-order chi connectivity index (χ1) is 10.1. The van der Waals surface area contributed by atoms with E-state index in [4.69, 9.17) is 16.0 Å². The van der Waals surface area contributed by atoms with Gasteiger partial charge in [-0.1, -0.05) is 35.9 Å². The smallest absolute Gasteiger partial charge is 0.221 e. The zero-order valence-electron chi connectivity index (χ0n) is 10.8. The second-order valence-corrected chi connectivity index (χ2v) is 4.89. The minimum atomic E-state index is -0.476. The highest BCUT2D eigenvalue weighted by molar-refractivity contribution is 6.32. The number of hydrogen-bond acceptors (Lipinski definition) is 2. The van der Waals surface area contributed by atoms with E-state index in [0.717, 1.165) is 5.39 Å². The summed E-state index contributed by atoms with van der Waals surface area (Å²) in [5, 5.41) is 1.10. The normalized spacial score (nSPS) is 11.3. The molecule has 1 aromatic heterocycles. The number of carbonyl (C=O) groups is 1. The maximum Gasteiger partial charge on any atom is 0.221 e. The van der Waals surface area contributed by atoms with Crippen LogP contribution in [-0.2, 0) is 0 Å². The van der Waals surface area contributed by atoms with Gasteiger partial charge in [0.1, 0.15) is 11.4 Å². The van der Waals surface area contributed by atoms with Crippen molar-refractivity contribution in [1.29, 1.82) is 0 Å². The second kappa shape index (κ2) is 5.54. The molecular formula is C17H10ClFO2. The summed E-state index contributed by atoms with van der Waals surface area (Å²) in [6, 6.07) is 13.3. The summed E-state index contributed by atoms with van der Waals surface area (Å²) in [5.41, 5.74) is 0.821. The molecule has 0 saturated heterocycles. The zero-order chi connectivity index (χ0) is 14.8. The summed E-state index contributed by atoms with van der Waals surface area (Å²) in [5.74, 6) is -0.610.